The summed E-state index contributed by atoms with van der Waals surface area (Å²) in [7, 11) is 0. The van der Waals surface area contributed by atoms with E-state index >= 15 is 0 Å². The highest BCUT2D eigenvalue weighted by Gasteiger charge is 2.23. The number of benzene rings is 2. The lowest BCUT2D eigenvalue weighted by Gasteiger charge is -2.36. The second kappa shape index (κ2) is 6.05. The lowest BCUT2D eigenvalue weighted by Crippen LogP contribution is -2.49. The summed E-state index contributed by atoms with van der Waals surface area (Å²) in [6, 6.07) is 13.1. The Hall–Kier alpha value is -2.56. The van der Waals surface area contributed by atoms with Crippen LogP contribution in [0.4, 0.5) is 10.1 Å². The number of nitrogens with zero attached hydrogens (tertiary/aromatic N) is 2. The molecule has 2 aromatic carbocycles. The third-order valence-electron chi connectivity index (χ3n) is 3.89. The molecule has 1 amide bonds. The van der Waals surface area contributed by atoms with E-state index in [1.54, 1.807) is 29.2 Å². The van der Waals surface area contributed by atoms with Crippen LogP contribution in [0.5, 0.6) is 5.75 Å². The molecule has 1 fully saturated rings. The summed E-state index contributed by atoms with van der Waals surface area (Å²) >= 11 is 0. The van der Waals surface area contributed by atoms with Gasteiger partial charge in [-0.25, -0.2) is 4.39 Å². The molecule has 22 heavy (non-hydrogen) atoms. The minimum atomic E-state index is -0.478. The third-order valence-corrected chi connectivity index (χ3v) is 3.89. The number of carbonyl (C=O) groups is 1. The maximum atomic E-state index is 13.7. The molecule has 1 aliphatic heterocycles. The van der Waals surface area contributed by atoms with Gasteiger partial charge in [-0.05, 0) is 36.4 Å². The summed E-state index contributed by atoms with van der Waals surface area (Å²) < 4.78 is 13.7. The minimum Gasteiger partial charge on any atom is -0.508 e. The molecule has 0 atom stereocenters. The van der Waals surface area contributed by atoms with Gasteiger partial charge in [-0.3, -0.25) is 4.79 Å². The highest BCUT2D eigenvalue weighted by Crippen LogP contribution is 2.20. The van der Waals surface area contributed by atoms with E-state index < -0.39 is 5.82 Å². The third kappa shape index (κ3) is 2.88. The number of piperazine rings is 1. The number of phenolic OH excluding ortho intramolecular Hbond substituents is 1. The molecule has 0 aliphatic carbocycles. The van der Waals surface area contributed by atoms with Crippen molar-refractivity contribution in [2.24, 2.45) is 0 Å². The fraction of sp³-hybridized carbons (Fsp3) is 0.235. The van der Waals surface area contributed by atoms with Gasteiger partial charge in [-0.15, -0.1) is 0 Å². The summed E-state index contributed by atoms with van der Waals surface area (Å²) in [6.07, 6.45) is 0. The molecule has 114 valence electrons. The molecule has 0 saturated carbocycles. The summed E-state index contributed by atoms with van der Waals surface area (Å²) in [4.78, 5) is 16.2. The quantitative estimate of drug-likeness (QED) is 0.926. The summed E-state index contributed by atoms with van der Waals surface area (Å²) in [6.45, 7) is 2.47. The van der Waals surface area contributed by atoms with E-state index in [0.29, 0.717) is 26.2 Å². The Morgan fingerprint density at radius 1 is 0.955 bits per heavy atom. The Bertz CT molecular complexity index is 665. The largest absolute Gasteiger partial charge is 0.508 e. The van der Waals surface area contributed by atoms with Crippen molar-refractivity contribution in [3.63, 3.8) is 0 Å². The smallest absolute Gasteiger partial charge is 0.256 e. The van der Waals surface area contributed by atoms with Crippen LogP contribution in [-0.4, -0.2) is 42.1 Å². The van der Waals surface area contributed by atoms with E-state index in [2.05, 4.69) is 4.90 Å². The number of halogens is 1. The second-order valence-corrected chi connectivity index (χ2v) is 5.28. The van der Waals surface area contributed by atoms with E-state index in [0.717, 1.165) is 5.69 Å². The first kappa shape index (κ1) is 14.4. The summed E-state index contributed by atoms with van der Waals surface area (Å²) in [5, 5.41) is 9.32. The zero-order valence-corrected chi connectivity index (χ0v) is 12.1. The van der Waals surface area contributed by atoms with Crippen molar-refractivity contribution >= 4 is 11.6 Å². The zero-order valence-electron chi connectivity index (χ0n) is 12.1. The van der Waals surface area contributed by atoms with Crippen LogP contribution in [0.25, 0.3) is 0 Å². The highest BCUT2D eigenvalue weighted by atomic mass is 19.1. The van der Waals surface area contributed by atoms with Gasteiger partial charge in [0.1, 0.15) is 11.6 Å². The van der Waals surface area contributed by atoms with Crippen molar-refractivity contribution in [2.45, 2.75) is 0 Å². The van der Waals surface area contributed by atoms with Crippen LogP contribution >= 0.6 is 0 Å². The van der Waals surface area contributed by atoms with Gasteiger partial charge in [-0.1, -0.05) is 12.1 Å². The minimum absolute atomic E-state index is 0.126. The monoisotopic (exact) mass is 300 g/mol. The van der Waals surface area contributed by atoms with Gasteiger partial charge in [0.05, 0.1) is 5.56 Å². The Morgan fingerprint density at radius 3 is 2.23 bits per heavy atom. The van der Waals surface area contributed by atoms with Gasteiger partial charge in [0.2, 0.25) is 0 Å². The average molecular weight is 300 g/mol. The van der Waals surface area contributed by atoms with Crippen molar-refractivity contribution in [1.82, 2.24) is 4.90 Å². The fourth-order valence-electron chi connectivity index (χ4n) is 2.64. The van der Waals surface area contributed by atoms with Crippen LogP contribution in [0.1, 0.15) is 10.4 Å². The maximum Gasteiger partial charge on any atom is 0.256 e. The predicted molar refractivity (Wildman–Crippen MR) is 82.6 cm³/mol. The number of hydrogen-bond donors (Lipinski definition) is 1. The summed E-state index contributed by atoms with van der Waals surface area (Å²) in [5.41, 5.74) is 1.14. The van der Waals surface area contributed by atoms with E-state index in [1.807, 2.05) is 12.1 Å². The van der Waals surface area contributed by atoms with Crippen molar-refractivity contribution in [2.75, 3.05) is 31.1 Å². The molecule has 1 aliphatic rings. The first-order chi connectivity index (χ1) is 10.6. The van der Waals surface area contributed by atoms with Crippen LogP contribution in [0, 0.1) is 5.82 Å². The zero-order chi connectivity index (χ0) is 15.5. The number of amides is 1. The molecular formula is C17H17FN2O2. The number of aromatic hydroxyl groups is 1. The van der Waals surface area contributed by atoms with Gasteiger partial charge in [0.25, 0.3) is 5.91 Å². The molecule has 0 radical (unpaired) electrons. The number of carbonyl (C=O) groups excluding carboxylic acids is 1. The molecule has 4 nitrogen and oxygen atoms in total. The molecule has 1 N–H and O–H groups in total. The van der Waals surface area contributed by atoms with Crippen LogP contribution in [0.2, 0.25) is 0 Å². The SMILES string of the molecule is O=C(c1ccccc1F)N1CCN(c2ccc(O)cc2)CC1. The number of phenols is 1. The van der Waals surface area contributed by atoms with Crippen molar-refractivity contribution < 1.29 is 14.3 Å². The first-order valence-electron chi connectivity index (χ1n) is 7.23. The molecule has 0 unspecified atom stereocenters. The van der Waals surface area contributed by atoms with Crippen molar-refractivity contribution in [3.8, 4) is 5.75 Å². The number of anilines is 1. The summed E-state index contributed by atoms with van der Waals surface area (Å²) in [5.74, 6) is -0.506. The van der Waals surface area contributed by atoms with E-state index in [1.165, 1.54) is 12.1 Å². The molecular weight excluding hydrogens is 283 g/mol. The fourth-order valence-corrected chi connectivity index (χ4v) is 2.64. The standard InChI is InChI=1S/C17H17FN2O2/c18-16-4-2-1-3-15(16)17(22)20-11-9-19(10-12-20)13-5-7-14(21)8-6-13/h1-8,21H,9-12H2. The highest BCUT2D eigenvalue weighted by molar-refractivity contribution is 5.94. The Balaban J connectivity index is 1.65. The normalized spacial score (nSPS) is 15.0. The van der Waals surface area contributed by atoms with Gasteiger partial charge in [0.15, 0.2) is 0 Å². The van der Waals surface area contributed by atoms with Gasteiger partial charge < -0.3 is 14.9 Å². The lowest BCUT2D eigenvalue weighted by atomic mass is 10.1. The topological polar surface area (TPSA) is 43.8 Å². The van der Waals surface area contributed by atoms with Gasteiger partial charge in [-0.2, -0.15) is 0 Å². The average Bonchev–Trinajstić information content (AvgIpc) is 2.56. The van der Waals surface area contributed by atoms with E-state index in [4.69, 9.17) is 0 Å². The van der Waals surface area contributed by atoms with Crippen LogP contribution in [-0.2, 0) is 0 Å². The van der Waals surface area contributed by atoms with Crippen LogP contribution in [0.3, 0.4) is 0 Å². The molecule has 0 bridgehead atoms. The molecule has 3 rings (SSSR count). The predicted octanol–water partition coefficient (Wildman–Crippen LogP) is 2.49. The Morgan fingerprint density at radius 2 is 1.59 bits per heavy atom. The molecule has 2 aromatic rings. The molecule has 0 spiro atoms. The van der Waals surface area contributed by atoms with Crippen molar-refractivity contribution in [1.29, 1.82) is 0 Å². The first-order valence-corrected chi connectivity index (χ1v) is 7.23. The van der Waals surface area contributed by atoms with Crippen LogP contribution in [0.15, 0.2) is 48.5 Å². The second-order valence-electron chi connectivity index (χ2n) is 5.28. The number of hydrogen-bond acceptors (Lipinski definition) is 3. The molecule has 1 heterocycles. The van der Waals surface area contributed by atoms with Gasteiger partial charge >= 0.3 is 0 Å². The molecule has 5 heteroatoms. The van der Waals surface area contributed by atoms with Crippen LogP contribution < -0.4 is 4.90 Å². The molecule has 0 aromatic heterocycles. The Kier molecular flexibility index (Phi) is 3.96. The Labute approximate surface area is 128 Å². The lowest BCUT2D eigenvalue weighted by molar-refractivity contribution is 0.0742. The van der Waals surface area contributed by atoms with Gasteiger partial charge in [0, 0.05) is 31.9 Å². The van der Waals surface area contributed by atoms with Crippen molar-refractivity contribution in [3.05, 3.63) is 59.9 Å². The van der Waals surface area contributed by atoms with E-state index in [-0.39, 0.29) is 17.2 Å². The van der Waals surface area contributed by atoms with E-state index in [9.17, 15) is 14.3 Å². The maximum absolute atomic E-state index is 13.7. The number of rotatable bonds is 2. The molecule has 1 saturated heterocycles.